The minimum atomic E-state index is 0.133. The summed E-state index contributed by atoms with van der Waals surface area (Å²) in [5, 5.41) is 8.66. The molecule has 2 aliphatic rings. The van der Waals surface area contributed by atoms with Crippen molar-refractivity contribution in [3.05, 3.63) is 0 Å². The number of nitrogens with zero attached hydrogens (tertiary/aromatic N) is 2. The Labute approximate surface area is 117 Å². The summed E-state index contributed by atoms with van der Waals surface area (Å²) >= 11 is 0. The lowest BCUT2D eigenvalue weighted by molar-refractivity contribution is 0.0392. The van der Waals surface area contributed by atoms with Gasteiger partial charge >= 0.3 is 0 Å². The van der Waals surface area contributed by atoms with Crippen LogP contribution >= 0.6 is 0 Å². The average molecular weight is 270 g/mol. The van der Waals surface area contributed by atoms with Gasteiger partial charge in [-0.3, -0.25) is 9.80 Å². The van der Waals surface area contributed by atoms with Gasteiger partial charge < -0.3 is 9.84 Å². The van der Waals surface area contributed by atoms with E-state index in [1.54, 1.807) is 0 Å². The van der Waals surface area contributed by atoms with E-state index in [1.807, 2.05) is 0 Å². The summed E-state index contributed by atoms with van der Waals surface area (Å²) in [5.41, 5.74) is 0. The van der Waals surface area contributed by atoms with Crippen molar-refractivity contribution in [1.82, 2.24) is 9.80 Å². The lowest BCUT2D eigenvalue weighted by Crippen LogP contribution is -2.51. The lowest BCUT2D eigenvalue weighted by atomic mass is 9.86. The summed E-state index contributed by atoms with van der Waals surface area (Å²) in [6.07, 6.45) is 5.66. The first kappa shape index (κ1) is 15.2. The Morgan fingerprint density at radius 3 is 2.58 bits per heavy atom. The van der Waals surface area contributed by atoms with E-state index in [4.69, 9.17) is 9.84 Å². The standard InChI is InChI=1S/C15H30N2O2/c1-14-3-2-4-15(13-14)17-7-5-16(6-8-17)9-11-19-12-10-18/h14-15,18H,2-13H2,1H3. The van der Waals surface area contributed by atoms with Crippen LogP contribution in [0.4, 0.5) is 0 Å². The van der Waals surface area contributed by atoms with Crippen molar-refractivity contribution in [1.29, 1.82) is 0 Å². The molecule has 0 spiro atoms. The molecule has 4 nitrogen and oxygen atoms in total. The first-order valence-corrected chi connectivity index (χ1v) is 7.94. The predicted molar refractivity (Wildman–Crippen MR) is 77.3 cm³/mol. The number of ether oxygens (including phenoxy) is 1. The fraction of sp³-hybridized carbons (Fsp3) is 1.00. The predicted octanol–water partition coefficient (Wildman–Crippen LogP) is 1.19. The minimum absolute atomic E-state index is 0.133. The van der Waals surface area contributed by atoms with Gasteiger partial charge in [-0.25, -0.2) is 0 Å². The summed E-state index contributed by atoms with van der Waals surface area (Å²) in [5.74, 6) is 0.920. The molecule has 4 heteroatoms. The van der Waals surface area contributed by atoms with Gasteiger partial charge in [-0.15, -0.1) is 0 Å². The smallest absolute Gasteiger partial charge is 0.0698 e. The van der Waals surface area contributed by atoms with E-state index in [9.17, 15) is 0 Å². The zero-order valence-corrected chi connectivity index (χ0v) is 12.4. The highest BCUT2D eigenvalue weighted by molar-refractivity contribution is 4.82. The summed E-state index contributed by atoms with van der Waals surface area (Å²) in [6.45, 7) is 9.56. The van der Waals surface area contributed by atoms with Crippen LogP contribution in [-0.2, 0) is 4.74 Å². The van der Waals surface area contributed by atoms with Crippen LogP contribution in [0.3, 0.4) is 0 Å². The maximum Gasteiger partial charge on any atom is 0.0698 e. The molecule has 2 unspecified atom stereocenters. The van der Waals surface area contributed by atoms with E-state index in [0.29, 0.717) is 6.61 Å². The van der Waals surface area contributed by atoms with Gasteiger partial charge in [-0.05, 0) is 18.8 Å². The van der Waals surface area contributed by atoms with Crippen molar-refractivity contribution in [2.24, 2.45) is 5.92 Å². The zero-order valence-electron chi connectivity index (χ0n) is 12.4. The highest BCUT2D eigenvalue weighted by atomic mass is 16.5. The molecule has 0 aromatic carbocycles. The second kappa shape index (κ2) is 8.20. The molecule has 2 fully saturated rings. The van der Waals surface area contributed by atoms with Crippen molar-refractivity contribution >= 4 is 0 Å². The van der Waals surface area contributed by atoms with Gasteiger partial charge in [0.05, 0.1) is 19.8 Å². The van der Waals surface area contributed by atoms with Crippen LogP contribution in [0.1, 0.15) is 32.6 Å². The number of piperazine rings is 1. The summed E-state index contributed by atoms with van der Waals surface area (Å²) in [4.78, 5) is 5.20. The molecule has 0 radical (unpaired) electrons. The minimum Gasteiger partial charge on any atom is -0.394 e. The van der Waals surface area contributed by atoms with E-state index >= 15 is 0 Å². The zero-order chi connectivity index (χ0) is 13.5. The second-order valence-electron chi connectivity index (χ2n) is 6.14. The molecular formula is C15H30N2O2. The van der Waals surface area contributed by atoms with Crippen LogP contribution in [0.2, 0.25) is 0 Å². The normalized spacial score (nSPS) is 30.6. The molecule has 0 bridgehead atoms. The molecule has 19 heavy (non-hydrogen) atoms. The van der Waals surface area contributed by atoms with Gasteiger partial charge in [0.1, 0.15) is 0 Å². The fourth-order valence-corrected chi connectivity index (χ4v) is 3.45. The number of hydrogen-bond donors (Lipinski definition) is 1. The molecule has 0 aromatic heterocycles. The van der Waals surface area contributed by atoms with Gasteiger partial charge in [-0.1, -0.05) is 19.8 Å². The Morgan fingerprint density at radius 2 is 1.89 bits per heavy atom. The molecule has 2 rings (SSSR count). The molecule has 1 aliphatic heterocycles. The Hall–Kier alpha value is -0.160. The molecule has 1 saturated carbocycles. The largest absolute Gasteiger partial charge is 0.394 e. The SMILES string of the molecule is CC1CCCC(N2CCN(CCOCCO)CC2)C1. The molecular weight excluding hydrogens is 240 g/mol. The van der Waals surface area contributed by atoms with E-state index in [-0.39, 0.29) is 6.61 Å². The molecule has 0 amide bonds. The third kappa shape index (κ3) is 5.03. The summed E-state index contributed by atoms with van der Waals surface area (Å²) in [7, 11) is 0. The van der Waals surface area contributed by atoms with Gasteiger partial charge in [0.15, 0.2) is 0 Å². The summed E-state index contributed by atoms with van der Waals surface area (Å²) < 4.78 is 5.34. The number of aliphatic hydroxyl groups is 1. The number of rotatable bonds is 6. The molecule has 1 N–H and O–H groups in total. The van der Waals surface area contributed by atoms with Crippen molar-refractivity contribution < 1.29 is 9.84 Å². The van der Waals surface area contributed by atoms with Crippen molar-refractivity contribution in [2.75, 3.05) is 52.5 Å². The number of aliphatic hydroxyl groups excluding tert-OH is 1. The van der Waals surface area contributed by atoms with Gasteiger partial charge in [-0.2, -0.15) is 0 Å². The number of hydrogen-bond acceptors (Lipinski definition) is 4. The Kier molecular flexibility index (Phi) is 6.57. The van der Waals surface area contributed by atoms with Crippen molar-refractivity contribution in [2.45, 2.75) is 38.6 Å². The van der Waals surface area contributed by atoms with Crippen LogP contribution in [0.5, 0.6) is 0 Å². The third-order valence-corrected chi connectivity index (χ3v) is 4.62. The molecule has 1 saturated heterocycles. The van der Waals surface area contributed by atoms with Crippen molar-refractivity contribution in [3.63, 3.8) is 0 Å². The Balaban J connectivity index is 1.62. The molecule has 2 atom stereocenters. The topological polar surface area (TPSA) is 35.9 Å². The van der Waals surface area contributed by atoms with Crippen LogP contribution in [0.15, 0.2) is 0 Å². The van der Waals surface area contributed by atoms with E-state index < -0.39 is 0 Å². The van der Waals surface area contributed by atoms with Crippen molar-refractivity contribution in [3.8, 4) is 0 Å². The molecule has 1 aliphatic carbocycles. The highest BCUT2D eigenvalue weighted by Crippen LogP contribution is 2.27. The van der Waals surface area contributed by atoms with E-state index in [2.05, 4.69) is 16.7 Å². The Bertz CT molecular complexity index is 242. The lowest BCUT2D eigenvalue weighted by Gasteiger charge is -2.42. The molecule has 112 valence electrons. The van der Waals surface area contributed by atoms with Crippen LogP contribution in [0, 0.1) is 5.92 Å². The second-order valence-corrected chi connectivity index (χ2v) is 6.14. The van der Waals surface area contributed by atoms with Crippen LogP contribution in [0.25, 0.3) is 0 Å². The van der Waals surface area contributed by atoms with Gasteiger partial charge in [0.25, 0.3) is 0 Å². The third-order valence-electron chi connectivity index (χ3n) is 4.62. The quantitative estimate of drug-likeness (QED) is 0.736. The maximum atomic E-state index is 8.66. The molecule has 1 heterocycles. The van der Waals surface area contributed by atoms with Gasteiger partial charge in [0.2, 0.25) is 0 Å². The van der Waals surface area contributed by atoms with E-state index in [1.165, 1.54) is 51.9 Å². The summed E-state index contributed by atoms with van der Waals surface area (Å²) in [6, 6.07) is 0.844. The first-order chi connectivity index (χ1) is 9.29. The Morgan fingerprint density at radius 1 is 1.11 bits per heavy atom. The average Bonchev–Trinajstić information content (AvgIpc) is 2.44. The van der Waals surface area contributed by atoms with Gasteiger partial charge in [0, 0.05) is 38.8 Å². The van der Waals surface area contributed by atoms with E-state index in [0.717, 1.165) is 25.1 Å². The first-order valence-electron chi connectivity index (χ1n) is 7.94. The highest BCUT2D eigenvalue weighted by Gasteiger charge is 2.27. The monoisotopic (exact) mass is 270 g/mol. The van der Waals surface area contributed by atoms with Crippen LogP contribution in [-0.4, -0.2) is 73.5 Å². The molecule has 0 aromatic rings. The fourth-order valence-electron chi connectivity index (χ4n) is 3.45. The van der Waals surface area contributed by atoms with Crippen LogP contribution < -0.4 is 0 Å². The maximum absolute atomic E-state index is 8.66.